The van der Waals surface area contributed by atoms with Gasteiger partial charge in [-0.15, -0.1) is 0 Å². The first-order valence-electron chi connectivity index (χ1n) is 5.53. The molecule has 17 heavy (non-hydrogen) atoms. The molecule has 0 spiro atoms. The summed E-state index contributed by atoms with van der Waals surface area (Å²) in [5.74, 6) is -1.18. The molecule has 0 amide bonds. The van der Waals surface area contributed by atoms with Crippen molar-refractivity contribution in [2.45, 2.75) is 20.3 Å². The molecule has 0 bridgehead atoms. The summed E-state index contributed by atoms with van der Waals surface area (Å²) in [5, 5.41) is 8.74. The summed E-state index contributed by atoms with van der Waals surface area (Å²) in [6, 6.07) is 6.80. The number of carbonyl (C=O) groups excluding carboxylic acids is 1. The molecule has 1 aromatic carbocycles. The molecule has 1 rings (SSSR count). The van der Waals surface area contributed by atoms with Crippen LogP contribution in [0, 0.1) is 5.92 Å². The van der Waals surface area contributed by atoms with Gasteiger partial charge in [0.25, 0.3) is 0 Å². The third-order valence-electron chi connectivity index (χ3n) is 2.38. The summed E-state index contributed by atoms with van der Waals surface area (Å²) in [5.41, 5.74) is 0.490. The lowest BCUT2D eigenvalue weighted by atomic mass is 10.00. The number of hydrogen-bond acceptors (Lipinski definition) is 3. The molecule has 4 nitrogen and oxygen atoms in total. The molecule has 0 aliphatic rings. The van der Waals surface area contributed by atoms with Crippen LogP contribution in [0.5, 0.6) is 5.75 Å². The Balaban J connectivity index is 2.75. The zero-order valence-corrected chi connectivity index (χ0v) is 9.97. The number of carbonyl (C=O) groups is 2. The average Bonchev–Trinajstić information content (AvgIpc) is 2.29. The van der Waals surface area contributed by atoms with Crippen molar-refractivity contribution in [3.63, 3.8) is 0 Å². The highest BCUT2D eigenvalue weighted by Crippen LogP contribution is 2.16. The number of ether oxygens (including phenoxy) is 1. The van der Waals surface area contributed by atoms with Gasteiger partial charge in [-0.3, -0.25) is 9.59 Å². The quantitative estimate of drug-likeness (QED) is 0.770. The topological polar surface area (TPSA) is 63.6 Å². The van der Waals surface area contributed by atoms with Crippen molar-refractivity contribution in [1.29, 1.82) is 0 Å². The molecule has 1 aromatic rings. The van der Waals surface area contributed by atoms with Crippen LogP contribution in [-0.4, -0.2) is 23.5 Å². The fraction of sp³-hybridized carbons (Fsp3) is 0.385. The molecule has 0 aliphatic carbocycles. The third-order valence-corrected chi connectivity index (χ3v) is 2.38. The van der Waals surface area contributed by atoms with Gasteiger partial charge in [-0.05, 0) is 19.1 Å². The second kappa shape index (κ2) is 6.03. The lowest BCUT2D eigenvalue weighted by Crippen LogP contribution is -2.14. The van der Waals surface area contributed by atoms with E-state index in [0.29, 0.717) is 17.9 Å². The van der Waals surface area contributed by atoms with E-state index in [-0.39, 0.29) is 12.2 Å². The maximum Gasteiger partial charge on any atom is 0.306 e. The summed E-state index contributed by atoms with van der Waals surface area (Å²) in [7, 11) is 0. The second-order valence-electron chi connectivity index (χ2n) is 3.83. The number of aliphatic carboxylic acids is 1. The van der Waals surface area contributed by atoms with Crippen molar-refractivity contribution < 1.29 is 19.4 Å². The number of ketones is 1. The summed E-state index contributed by atoms with van der Waals surface area (Å²) in [6.45, 7) is 3.91. The van der Waals surface area contributed by atoms with Gasteiger partial charge in [0.1, 0.15) is 5.75 Å². The second-order valence-corrected chi connectivity index (χ2v) is 3.83. The first-order valence-corrected chi connectivity index (χ1v) is 5.53. The number of benzene rings is 1. The number of carboxylic acid groups (broad SMARTS) is 1. The number of hydrogen-bond donors (Lipinski definition) is 1. The molecule has 0 saturated heterocycles. The predicted molar refractivity (Wildman–Crippen MR) is 63.4 cm³/mol. The average molecular weight is 236 g/mol. The van der Waals surface area contributed by atoms with Crippen LogP contribution in [0.2, 0.25) is 0 Å². The molecule has 92 valence electrons. The predicted octanol–water partition coefficient (Wildman–Crippen LogP) is 2.38. The Morgan fingerprint density at radius 3 is 2.71 bits per heavy atom. The summed E-state index contributed by atoms with van der Waals surface area (Å²) in [4.78, 5) is 22.5. The van der Waals surface area contributed by atoms with Crippen LogP contribution in [0.1, 0.15) is 30.6 Å². The summed E-state index contributed by atoms with van der Waals surface area (Å²) < 4.78 is 5.28. The van der Waals surface area contributed by atoms with Crippen LogP contribution in [-0.2, 0) is 4.79 Å². The molecular weight excluding hydrogens is 220 g/mol. The van der Waals surface area contributed by atoms with Crippen molar-refractivity contribution in [3.05, 3.63) is 29.8 Å². The fourth-order valence-corrected chi connectivity index (χ4v) is 1.41. The van der Waals surface area contributed by atoms with E-state index in [2.05, 4.69) is 0 Å². The Morgan fingerprint density at radius 2 is 2.12 bits per heavy atom. The number of Topliss-reactive ketones (excluding diaryl/α,β-unsaturated/α-hetero) is 1. The highest BCUT2D eigenvalue weighted by molar-refractivity contribution is 5.98. The van der Waals surface area contributed by atoms with E-state index in [1.807, 2.05) is 6.92 Å². The van der Waals surface area contributed by atoms with Crippen molar-refractivity contribution in [2.24, 2.45) is 5.92 Å². The Hall–Kier alpha value is -1.84. The minimum Gasteiger partial charge on any atom is -0.494 e. The van der Waals surface area contributed by atoms with Gasteiger partial charge in [-0.25, -0.2) is 0 Å². The molecule has 0 saturated carbocycles. The van der Waals surface area contributed by atoms with E-state index in [9.17, 15) is 9.59 Å². The van der Waals surface area contributed by atoms with E-state index in [0.717, 1.165) is 0 Å². The van der Waals surface area contributed by atoms with Gasteiger partial charge < -0.3 is 9.84 Å². The standard InChI is InChI=1S/C13H16O4/c1-3-17-11-6-4-5-10(8-11)12(14)7-9(2)13(15)16/h4-6,8-9H,3,7H2,1-2H3,(H,15,16). The highest BCUT2D eigenvalue weighted by Gasteiger charge is 2.17. The van der Waals surface area contributed by atoms with Crippen molar-refractivity contribution in [2.75, 3.05) is 6.61 Å². The molecule has 4 heteroatoms. The van der Waals surface area contributed by atoms with Crippen LogP contribution in [0.25, 0.3) is 0 Å². The van der Waals surface area contributed by atoms with Gasteiger partial charge in [-0.2, -0.15) is 0 Å². The zero-order valence-electron chi connectivity index (χ0n) is 9.97. The fourth-order valence-electron chi connectivity index (χ4n) is 1.41. The van der Waals surface area contributed by atoms with Crippen LogP contribution < -0.4 is 4.74 Å². The van der Waals surface area contributed by atoms with Gasteiger partial charge in [0.2, 0.25) is 0 Å². The van der Waals surface area contributed by atoms with E-state index in [1.165, 1.54) is 6.92 Å². The minimum atomic E-state index is -0.959. The molecule has 1 unspecified atom stereocenters. The zero-order chi connectivity index (χ0) is 12.8. The van der Waals surface area contributed by atoms with Crippen LogP contribution in [0.3, 0.4) is 0 Å². The van der Waals surface area contributed by atoms with Gasteiger partial charge in [-0.1, -0.05) is 19.1 Å². The first kappa shape index (κ1) is 13.2. The van der Waals surface area contributed by atoms with Crippen molar-refractivity contribution in [3.8, 4) is 5.75 Å². The first-order chi connectivity index (χ1) is 8.04. The van der Waals surface area contributed by atoms with Gasteiger partial charge in [0.05, 0.1) is 12.5 Å². The van der Waals surface area contributed by atoms with Crippen LogP contribution in [0.4, 0.5) is 0 Å². The maximum absolute atomic E-state index is 11.8. The molecule has 0 fully saturated rings. The Kier molecular flexibility index (Phi) is 4.69. The van der Waals surface area contributed by atoms with E-state index < -0.39 is 11.9 Å². The molecule has 0 heterocycles. The Bertz CT molecular complexity index is 412. The van der Waals surface area contributed by atoms with Crippen LogP contribution >= 0.6 is 0 Å². The molecule has 1 atom stereocenters. The highest BCUT2D eigenvalue weighted by atomic mass is 16.5. The molecule has 0 aliphatic heterocycles. The largest absolute Gasteiger partial charge is 0.494 e. The van der Waals surface area contributed by atoms with Gasteiger partial charge in [0, 0.05) is 12.0 Å². The smallest absolute Gasteiger partial charge is 0.306 e. The van der Waals surface area contributed by atoms with E-state index in [1.54, 1.807) is 24.3 Å². The lowest BCUT2D eigenvalue weighted by Gasteiger charge is -2.07. The number of carboxylic acids is 1. The van der Waals surface area contributed by atoms with Gasteiger partial charge >= 0.3 is 5.97 Å². The van der Waals surface area contributed by atoms with Crippen LogP contribution in [0.15, 0.2) is 24.3 Å². The molecule has 0 radical (unpaired) electrons. The maximum atomic E-state index is 11.8. The molecule has 0 aromatic heterocycles. The minimum absolute atomic E-state index is 0.00487. The third kappa shape index (κ3) is 3.90. The molecule has 1 N–H and O–H groups in total. The SMILES string of the molecule is CCOc1cccc(C(=O)CC(C)C(=O)O)c1. The lowest BCUT2D eigenvalue weighted by molar-refractivity contribution is -0.141. The Labute approximate surface area is 100 Å². The summed E-state index contributed by atoms with van der Waals surface area (Å²) >= 11 is 0. The number of rotatable bonds is 6. The summed E-state index contributed by atoms with van der Waals surface area (Å²) in [6.07, 6.45) is 0.00487. The van der Waals surface area contributed by atoms with Crippen molar-refractivity contribution in [1.82, 2.24) is 0 Å². The normalized spacial score (nSPS) is 11.9. The van der Waals surface area contributed by atoms with E-state index in [4.69, 9.17) is 9.84 Å². The molecular formula is C13H16O4. The van der Waals surface area contributed by atoms with Crippen molar-refractivity contribution >= 4 is 11.8 Å². The Morgan fingerprint density at radius 1 is 1.41 bits per heavy atom. The van der Waals surface area contributed by atoms with Gasteiger partial charge in [0.15, 0.2) is 5.78 Å². The van der Waals surface area contributed by atoms with E-state index >= 15 is 0 Å². The monoisotopic (exact) mass is 236 g/mol.